The van der Waals surface area contributed by atoms with Gasteiger partial charge in [0.05, 0.1) is 13.0 Å². The summed E-state index contributed by atoms with van der Waals surface area (Å²) >= 11 is 0. The number of nitrogens with one attached hydrogen (secondary N) is 3. The third-order valence-corrected chi connectivity index (χ3v) is 3.56. The molecule has 0 aliphatic rings. The van der Waals surface area contributed by atoms with Gasteiger partial charge in [0, 0.05) is 31.2 Å². The Morgan fingerprint density at radius 3 is 2.41 bits per heavy atom. The Labute approximate surface area is 169 Å². The molecule has 5 N–H and O–H groups in total. The normalized spacial score (nSPS) is 10.8. The first-order valence-corrected chi connectivity index (χ1v) is 9.02. The zero-order valence-electron chi connectivity index (χ0n) is 16.5. The number of carbonyl (C=O) groups is 3. The number of rotatable bonds is 10. The molecule has 1 aromatic rings. The largest absolute Gasteiger partial charge is 0.466 e. The third-order valence-electron chi connectivity index (χ3n) is 3.56. The number of hydrogen-bond acceptors (Lipinski definition) is 6. The van der Waals surface area contributed by atoms with E-state index in [9.17, 15) is 14.4 Å². The van der Waals surface area contributed by atoms with Gasteiger partial charge in [0.2, 0.25) is 11.8 Å². The fraction of sp³-hybridized carbons (Fsp3) is 0.400. The fourth-order valence-electron chi connectivity index (χ4n) is 2.21. The van der Waals surface area contributed by atoms with Crippen LogP contribution in [0, 0.1) is 17.3 Å². The number of benzene rings is 1. The number of amidine groups is 1. The van der Waals surface area contributed by atoms with Gasteiger partial charge in [-0.05, 0) is 31.2 Å². The van der Waals surface area contributed by atoms with Crippen LogP contribution in [0.4, 0.5) is 5.69 Å². The predicted octanol–water partition coefficient (Wildman–Crippen LogP) is 0.777. The summed E-state index contributed by atoms with van der Waals surface area (Å²) in [5, 5.41) is 12.6. The molecule has 29 heavy (non-hydrogen) atoms. The smallest absolute Gasteiger partial charge is 0.308 e. The number of hydrogen-bond donors (Lipinski definition) is 4. The second-order valence-corrected chi connectivity index (χ2v) is 5.92. The standard InChI is InChI=1S/C20H26N4O5/c1-3-29-19(27)13-16(5-4-12-28-2)24-18(26)11-10-17(25)23-15-8-6-14(7-9-15)20(21)22/h6-9,16H,3,10-13H2,1-2H3,(H3,21,22)(H,23,25)(H,24,26). The van der Waals surface area contributed by atoms with Crippen LogP contribution < -0.4 is 16.4 Å². The van der Waals surface area contributed by atoms with Crippen LogP contribution >= 0.6 is 0 Å². The lowest BCUT2D eigenvalue weighted by Crippen LogP contribution is -2.36. The van der Waals surface area contributed by atoms with Crippen LogP contribution in [0.15, 0.2) is 24.3 Å². The molecule has 9 heteroatoms. The van der Waals surface area contributed by atoms with Gasteiger partial charge in [0.15, 0.2) is 0 Å². The summed E-state index contributed by atoms with van der Waals surface area (Å²) in [4.78, 5) is 35.8. The molecule has 0 saturated heterocycles. The number of methoxy groups -OCH3 is 1. The number of nitrogens with two attached hydrogens (primary N) is 1. The van der Waals surface area contributed by atoms with Gasteiger partial charge in [-0.15, -0.1) is 0 Å². The highest BCUT2D eigenvalue weighted by molar-refractivity contribution is 5.96. The molecule has 156 valence electrons. The van der Waals surface area contributed by atoms with E-state index in [0.717, 1.165) is 0 Å². The van der Waals surface area contributed by atoms with Crippen molar-refractivity contribution < 1.29 is 23.9 Å². The molecule has 1 atom stereocenters. The Morgan fingerprint density at radius 2 is 1.83 bits per heavy atom. The van der Waals surface area contributed by atoms with Gasteiger partial charge >= 0.3 is 5.97 Å². The van der Waals surface area contributed by atoms with E-state index >= 15 is 0 Å². The van der Waals surface area contributed by atoms with Gasteiger partial charge in [0.25, 0.3) is 0 Å². The minimum absolute atomic E-state index is 0.0437. The average Bonchev–Trinajstić information content (AvgIpc) is 2.67. The van der Waals surface area contributed by atoms with Crippen molar-refractivity contribution in [2.45, 2.75) is 32.2 Å². The topological polar surface area (TPSA) is 144 Å². The van der Waals surface area contributed by atoms with Crippen molar-refractivity contribution >= 4 is 29.3 Å². The Hall–Kier alpha value is -3.38. The molecule has 0 radical (unpaired) electrons. The maximum Gasteiger partial charge on any atom is 0.308 e. The van der Waals surface area contributed by atoms with Crippen molar-refractivity contribution in [1.29, 1.82) is 5.41 Å². The quantitative estimate of drug-likeness (QED) is 0.197. The number of anilines is 1. The third kappa shape index (κ3) is 9.93. The first kappa shape index (κ1) is 23.7. The molecule has 1 rings (SSSR count). The zero-order chi connectivity index (χ0) is 21.6. The molecule has 0 fully saturated rings. The second kappa shape index (κ2) is 12.9. The van der Waals surface area contributed by atoms with Crippen molar-refractivity contribution in [3.63, 3.8) is 0 Å². The van der Waals surface area contributed by atoms with Crippen LogP contribution in [0.3, 0.4) is 0 Å². The number of ether oxygens (including phenoxy) is 2. The Morgan fingerprint density at radius 1 is 1.17 bits per heavy atom. The van der Waals surface area contributed by atoms with E-state index in [1.807, 2.05) is 0 Å². The molecule has 0 saturated carbocycles. The Bertz CT molecular complexity index is 780. The Kier molecular flexibility index (Phi) is 10.5. The van der Waals surface area contributed by atoms with E-state index in [1.165, 1.54) is 7.11 Å². The summed E-state index contributed by atoms with van der Waals surface area (Å²) in [6.45, 7) is 2.09. The van der Waals surface area contributed by atoms with E-state index in [0.29, 0.717) is 11.3 Å². The summed E-state index contributed by atoms with van der Waals surface area (Å²) in [5.74, 6) is 4.15. The second-order valence-electron chi connectivity index (χ2n) is 5.92. The molecule has 1 aromatic carbocycles. The summed E-state index contributed by atoms with van der Waals surface area (Å²) in [6.07, 6.45) is -0.203. The Balaban J connectivity index is 2.52. The first-order chi connectivity index (χ1) is 13.8. The number of nitrogen functional groups attached to an aromatic ring is 1. The minimum atomic E-state index is -0.723. The lowest BCUT2D eigenvalue weighted by atomic mass is 10.1. The van der Waals surface area contributed by atoms with Crippen LogP contribution in [0.2, 0.25) is 0 Å². The monoisotopic (exact) mass is 402 g/mol. The van der Waals surface area contributed by atoms with E-state index in [1.54, 1.807) is 31.2 Å². The van der Waals surface area contributed by atoms with E-state index < -0.39 is 17.9 Å². The van der Waals surface area contributed by atoms with Crippen molar-refractivity contribution in [3.05, 3.63) is 29.8 Å². The summed E-state index contributed by atoms with van der Waals surface area (Å²) < 4.78 is 9.71. The molecule has 0 bridgehead atoms. The van der Waals surface area contributed by atoms with Crippen LogP contribution in [0.25, 0.3) is 0 Å². The van der Waals surface area contributed by atoms with Crippen molar-refractivity contribution in [1.82, 2.24) is 5.32 Å². The molecule has 0 spiro atoms. The van der Waals surface area contributed by atoms with Gasteiger partial charge in [-0.2, -0.15) is 0 Å². The maximum atomic E-state index is 12.1. The van der Waals surface area contributed by atoms with Crippen molar-refractivity contribution in [2.75, 3.05) is 25.6 Å². The van der Waals surface area contributed by atoms with Gasteiger partial charge < -0.3 is 25.8 Å². The van der Waals surface area contributed by atoms with Crippen LogP contribution in [0.1, 0.15) is 31.7 Å². The van der Waals surface area contributed by atoms with Gasteiger partial charge in [-0.3, -0.25) is 19.8 Å². The highest BCUT2D eigenvalue weighted by Gasteiger charge is 2.16. The zero-order valence-corrected chi connectivity index (χ0v) is 16.5. The number of esters is 1. The molecular weight excluding hydrogens is 376 g/mol. The van der Waals surface area contributed by atoms with Gasteiger partial charge in [0.1, 0.15) is 18.5 Å². The first-order valence-electron chi connectivity index (χ1n) is 9.02. The van der Waals surface area contributed by atoms with Crippen molar-refractivity contribution in [3.8, 4) is 11.8 Å². The SMILES string of the molecule is CCOC(=O)CC(C#CCOC)NC(=O)CCC(=O)Nc1ccc(C(=N)N)cc1. The molecule has 1 unspecified atom stereocenters. The molecule has 0 heterocycles. The van der Waals surface area contributed by atoms with E-state index in [2.05, 4.69) is 22.5 Å². The molecule has 2 amide bonds. The van der Waals surface area contributed by atoms with Crippen LogP contribution in [0.5, 0.6) is 0 Å². The number of carbonyl (C=O) groups excluding carboxylic acids is 3. The average molecular weight is 402 g/mol. The summed E-state index contributed by atoms with van der Waals surface area (Å²) in [5.41, 5.74) is 6.46. The lowest BCUT2D eigenvalue weighted by molar-refractivity contribution is -0.143. The maximum absolute atomic E-state index is 12.1. The molecule has 0 aliphatic heterocycles. The summed E-state index contributed by atoms with van der Waals surface area (Å²) in [6, 6.07) is 5.75. The number of amides is 2. The summed E-state index contributed by atoms with van der Waals surface area (Å²) in [7, 11) is 1.49. The van der Waals surface area contributed by atoms with Gasteiger partial charge in [-0.25, -0.2) is 0 Å². The minimum Gasteiger partial charge on any atom is -0.466 e. The lowest BCUT2D eigenvalue weighted by Gasteiger charge is -2.13. The van der Waals surface area contributed by atoms with Crippen LogP contribution in [-0.4, -0.2) is 50.0 Å². The van der Waals surface area contributed by atoms with E-state index in [4.69, 9.17) is 20.6 Å². The predicted molar refractivity (Wildman–Crippen MR) is 108 cm³/mol. The van der Waals surface area contributed by atoms with Crippen LogP contribution in [-0.2, 0) is 23.9 Å². The highest BCUT2D eigenvalue weighted by Crippen LogP contribution is 2.10. The van der Waals surface area contributed by atoms with E-state index in [-0.39, 0.29) is 44.2 Å². The van der Waals surface area contributed by atoms with Crippen molar-refractivity contribution in [2.24, 2.45) is 5.73 Å². The molecule has 0 aliphatic carbocycles. The highest BCUT2D eigenvalue weighted by atomic mass is 16.5. The molecule has 9 nitrogen and oxygen atoms in total. The van der Waals surface area contributed by atoms with Gasteiger partial charge in [-0.1, -0.05) is 11.8 Å². The molecular formula is C20H26N4O5. The fourth-order valence-corrected chi connectivity index (χ4v) is 2.21. The molecule has 0 aromatic heterocycles.